The number of nitrogens with zero attached hydrogens (tertiary/aromatic N) is 1. The van der Waals surface area contributed by atoms with E-state index in [1.165, 1.54) is 12.3 Å². The molecule has 2 saturated heterocycles. The van der Waals surface area contributed by atoms with Crippen LogP contribution in [0.4, 0.5) is 0 Å². The monoisotopic (exact) mass is 247 g/mol. The van der Waals surface area contributed by atoms with Crippen molar-refractivity contribution >= 4 is 5.91 Å². The molecular formula is C13H17N3O2. The minimum atomic E-state index is -0.174. The van der Waals surface area contributed by atoms with Crippen LogP contribution in [-0.4, -0.2) is 41.0 Å². The van der Waals surface area contributed by atoms with Crippen LogP contribution < -0.4 is 10.9 Å². The SMILES string of the molecule is O=C(c1ccc(=O)[nH]c1)N1[C@H]2CCNC[C@@H]1CC2. The van der Waals surface area contributed by atoms with Crippen LogP contribution >= 0.6 is 0 Å². The number of nitrogens with one attached hydrogen (secondary N) is 2. The first-order chi connectivity index (χ1) is 8.75. The molecule has 2 atom stereocenters. The Morgan fingerprint density at radius 1 is 1.22 bits per heavy atom. The lowest BCUT2D eigenvalue weighted by Gasteiger charge is -2.27. The second-order valence-electron chi connectivity index (χ2n) is 5.03. The predicted octanol–water partition coefficient (Wildman–Crippen LogP) is 0.341. The number of carbonyl (C=O) groups is 1. The molecular weight excluding hydrogens is 230 g/mol. The summed E-state index contributed by atoms with van der Waals surface area (Å²) in [5.41, 5.74) is 0.403. The van der Waals surface area contributed by atoms with Crippen LogP contribution in [0, 0.1) is 0 Å². The maximum atomic E-state index is 12.5. The lowest BCUT2D eigenvalue weighted by Crippen LogP contribution is -2.42. The zero-order valence-electron chi connectivity index (χ0n) is 10.2. The van der Waals surface area contributed by atoms with Crippen molar-refractivity contribution in [3.05, 3.63) is 34.2 Å². The van der Waals surface area contributed by atoms with E-state index in [0.717, 1.165) is 32.4 Å². The molecule has 2 fully saturated rings. The molecule has 2 bridgehead atoms. The molecule has 0 unspecified atom stereocenters. The number of amides is 1. The van der Waals surface area contributed by atoms with Gasteiger partial charge in [0.05, 0.1) is 5.56 Å². The van der Waals surface area contributed by atoms with Gasteiger partial charge < -0.3 is 15.2 Å². The van der Waals surface area contributed by atoms with Crippen LogP contribution in [0.25, 0.3) is 0 Å². The van der Waals surface area contributed by atoms with Crippen molar-refractivity contribution in [2.75, 3.05) is 13.1 Å². The van der Waals surface area contributed by atoms with Crippen LogP contribution in [0.3, 0.4) is 0 Å². The maximum Gasteiger partial charge on any atom is 0.255 e. The van der Waals surface area contributed by atoms with Gasteiger partial charge in [-0.25, -0.2) is 0 Å². The van der Waals surface area contributed by atoms with Crippen LogP contribution in [-0.2, 0) is 0 Å². The van der Waals surface area contributed by atoms with Crippen LogP contribution in [0.1, 0.15) is 29.6 Å². The van der Waals surface area contributed by atoms with E-state index in [1.54, 1.807) is 6.07 Å². The Bertz CT molecular complexity index is 477. The molecule has 2 N–H and O–H groups in total. The highest BCUT2D eigenvalue weighted by Crippen LogP contribution is 2.29. The molecule has 3 heterocycles. The fourth-order valence-corrected chi connectivity index (χ4v) is 3.01. The summed E-state index contributed by atoms with van der Waals surface area (Å²) in [6.45, 7) is 1.86. The highest BCUT2D eigenvalue weighted by atomic mass is 16.2. The first-order valence-corrected chi connectivity index (χ1v) is 6.48. The largest absolute Gasteiger partial charge is 0.331 e. The van der Waals surface area contributed by atoms with Gasteiger partial charge in [-0.05, 0) is 31.9 Å². The van der Waals surface area contributed by atoms with Crippen LogP contribution in [0.15, 0.2) is 23.1 Å². The molecule has 0 aromatic carbocycles. The van der Waals surface area contributed by atoms with E-state index in [1.807, 2.05) is 4.90 Å². The fourth-order valence-electron chi connectivity index (χ4n) is 3.01. The molecule has 1 amide bonds. The second-order valence-corrected chi connectivity index (χ2v) is 5.03. The molecule has 5 heteroatoms. The first-order valence-electron chi connectivity index (χ1n) is 6.48. The van der Waals surface area contributed by atoms with E-state index in [4.69, 9.17) is 0 Å². The Balaban J connectivity index is 1.87. The van der Waals surface area contributed by atoms with Crippen molar-refractivity contribution < 1.29 is 4.79 Å². The molecule has 5 nitrogen and oxygen atoms in total. The first kappa shape index (κ1) is 11.5. The zero-order chi connectivity index (χ0) is 12.5. The lowest BCUT2D eigenvalue weighted by atomic mass is 10.1. The summed E-state index contributed by atoms with van der Waals surface area (Å²) < 4.78 is 0. The average Bonchev–Trinajstić information content (AvgIpc) is 2.63. The molecule has 0 spiro atoms. The summed E-state index contributed by atoms with van der Waals surface area (Å²) in [5, 5.41) is 3.37. The molecule has 96 valence electrons. The molecule has 2 aliphatic rings. The summed E-state index contributed by atoms with van der Waals surface area (Å²) in [6.07, 6.45) is 4.71. The number of carbonyl (C=O) groups excluding carboxylic acids is 1. The normalized spacial score (nSPS) is 27.0. The summed E-state index contributed by atoms with van der Waals surface area (Å²) in [7, 11) is 0. The number of rotatable bonds is 1. The van der Waals surface area contributed by atoms with Crippen molar-refractivity contribution in [3.8, 4) is 0 Å². The number of aromatic amines is 1. The summed E-state index contributed by atoms with van der Waals surface area (Å²) in [6, 6.07) is 3.67. The van der Waals surface area contributed by atoms with Gasteiger partial charge in [-0.2, -0.15) is 0 Å². The summed E-state index contributed by atoms with van der Waals surface area (Å²) >= 11 is 0. The zero-order valence-corrected chi connectivity index (χ0v) is 10.2. The van der Waals surface area contributed by atoms with Crippen LogP contribution in [0.5, 0.6) is 0 Å². The van der Waals surface area contributed by atoms with Gasteiger partial charge in [0, 0.05) is 30.9 Å². The van der Waals surface area contributed by atoms with E-state index in [2.05, 4.69) is 10.3 Å². The Hall–Kier alpha value is -1.62. The smallest absolute Gasteiger partial charge is 0.255 e. The van der Waals surface area contributed by atoms with Crippen molar-refractivity contribution in [1.29, 1.82) is 0 Å². The van der Waals surface area contributed by atoms with Gasteiger partial charge in [0.15, 0.2) is 0 Å². The molecule has 0 saturated carbocycles. The summed E-state index contributed by atoms with van der Waals surface area (Å²) in [4.78, 5) is 28.1. The van der Waals surface area contributed by atoms with Gasteiger partial charge in [-0.15, -0.1) is 0 Å². The fraction of sp³-hybridized carbons (Fsp3) is 0.538. The third kappa shape index (κ3) is 1.95. The molecule has 2 aliphatic heterocycles. The molecule has 1 aromatic heterocycles. The topological polar surface area (TPSA) is 65.2 Å². The van der Waals surface area contributed by atoms with E-state index in [-0.39, 0.29) is 11.5 Å². The number of aromatic nitrogens is 1. The number of pyridine rings is 1. The molecule has 3 rings (SSSR count). The van der Waals surface area contributed by atoms with E-state index in [0.29, 0.717) is 17.6 Å². The Kier molecular flexibility index (Phi) is 2.91. The maximum absolute atomic E-state index is 12.5. The van der Waals surface area contributed by atoms with Gasteiger partial charge in [0.1, 0.15) is 0 Å². The van der Waals surface area contributed by atoms with Crippen LogP contribution in [0.2, 0.25) is 0 Å². The quantitative estimate of drug-likeness (QED) is 0.752. The average molecular weight is 247 g/mol. The van der Waals surface area contributed by atoms with Crippen molar-refractivity contribution in [2.45, 2.75) is 31.3 Å². The van der Waals surface area contributed by atoms with Gasteiger partial charge in [-0.1, -0.05) is 0 Å². The molecule has 0 radical (unpaired) electrons. The Labute approximate surface area is 105 Å². The van der Waals surface area contributed by atoms with Crippen molar-refractivity contribution in [2.24, 2.45) is 0 Å². The Morgan fingerprint density at radius 2 is 2.06 bits per heavy atom. The van der Waals surface area contributed by atoms with Gasteiger partial charge in [0.2, 0.25) is 5.56 Å². The third-order valence-corrected chi connectivity index (χ3v) is 3.92. The minimum absolute atomic E-state index is 0.0439. The molecule has 18 heavy (non-hydrogen) atoms. The van der Waals surface area contributed by atoms with Crippen molar-refractivity contribution in [3.63, 3.8) is 0 Å². The number of fused-ring (bicyclic) bond motifs is 2. The van der Waals surface area contributed by atoms with E-state index >= 15 is 0 Å². The van der Waals surface area contributed by atoms with Gasteiger partial charge >= 0.3 is 0 Å². The number of hydrogen-bond acceptors (Lipinski definition) is 3. The lowest BCUT2D eigenvalue weighted by molar-refractivity contribution is 0.0680. The number of hydrogen-bond donors (Lipinski definition) is 2. The minimum Gasteiger partial charge on any atom is -0.331 e. The van der Waals surface area contributed by atoms with Crippen molar-refractivity contribution in [1.82, 2.24) is 15.2 Å². The highest BCUT2D eigenvalue weighted by molar-refractivity contribution is 5.94. The standard InChI is InChI=1S/C13H17N3O2/c17-12-4-1-9(7-15-12)13(18)16-10-2-3-11(16)8-14-6-5-10/h1,4,7,10-11,14H,2-3,5-6,8H2,(H,15,17)/t10-,11+/m1/s1. The second kappa shape index (κ2) is 4.57. The predicted molar refractivity (Wildman–Crippen MR) is 67.5 cm³/mol. The Morgan fingerprint density at radius 3 is 2.83 bits per heavy atom. The number of H-pyrrole nitrogens is 1. The molecule has 1 aromatic rings. The summed E-state index contributed by atoms with van der Waals surface area (Å²) in [5.74, 6) is 0.0439. The molecule has 0 aliphatic carbocycles. The van der Waals surface area contributed by atoms with Gasteiger partial charge in [-0.3, -0.25) is 9.59 Å². The highest BCUT2D eigenvalue weighted by Gasteiger charge is 2.38. The van der Waals surface area contributed by atoms with Gasteiger partial charge in [0.25, 0.3) is 5.91 Å². The van der Waals surface area contributed by atoms with E-state index in [9.17, 15) is 9.59 Å². The van der Waals surface area contributed by atoms with E-state index < -0.39 is 0 Å². The third-order valence-electron chi connectivity index (χ3n) is 3.92.